The minimum Gasteiger partial charge on any atom is -0.628 e. The monoisotopic (exact) mass is 367 g/mol. The van der Waals surface area contributed by atoms with E-state index in [2.05, 4.69) is 0 Å². The van der Waals surface area contributed by atoms with E-state index in [0.717, 1.165) is 0 Å². The van der Waals surface area contributed by atoms with E-state index < -0.39 is 12.3 Å². The van der Waals surface area contributed by atoms with Gasteiger partial charge in [-0.2, -0.15) is 5.26 Å². The van der Waals surface area contributed by atoms with Crippen LogP contribution in [0.3, 0.4) is 0 Å². The summed E-state index contributed by atoms with van der Waals surface area (Å²) >= 11 is 0. The summed E-state index contributed by atoms with van der Waals surface area (Å²) in [5.41, 5.74) is 1.45. The van der Waals surface area contributed by atoms with E-state index in [1.165, 1.54) is 0 Å². The number of hydrogen-bond donors (Lipinski definition) is 1. The Morgan fingerprint density at radius 1 is 1.15 bits per heavy atom. The fourth-order valence-corrected chi connectivity index (χ4v) is 3.36. The van der Waals surface area contributed by atoms with Gasteiger partial charge in [-0.15, -0.1) is 4.74 Å². The van der Waals surface area contributed by atoms with Crippen LogP contribution >= 0.6 is 0 Å². The van der Waals surface area contributed by atoms with Crippen molar-refractivity contribution in [2.75, 3.05) is 20.3 Å². The van der Waals surface area contributed by atoms with Gasteiger partial charge in [-0.3, -0.25) is 0 Å². The van der Waals surface area contributed by atoms with Crippen molar-refractivity contribution < 1.29 is 24.0 Å². The number of benzene rings is 2. The molecular weight excluding hydrogens is 350 g/mol. The number of ether oxygens (including phenoxy) is 3. The maximum absolute atomic E-state index is 13.1. The van der Waals surface area contributed by atoms with Crippen LogP contribution in [0, 0.1) is 21.7 Å². The summed E-state index contributed by atoms with van der Waals surface area (Å²) in [6, 6.07) is 12.6. The van der Waals surface area contributed by atoms with Crippen molar-refractivity contribution in [2.24, 2.45) is 0 Å². The van der Waals surface area contributed by atoms with E-state index in [-0.39, 0.29) is 22.1 Å². The molecular formula is C19H17N3O5. The molecule has 0 saturated carbocycles. The number of fused-ring (bicyclic) bond motifs is 1. The Balaban J connectivity index is 1.79. The van der Waals surface area contributed by atoms with Crippen molar-refractivity contribution in [3.05, 3.63) is 64.0 Å². The number of hydroxylamine groups is 1. The first-order valence-corrected chi connectivity index (χ1v) is 8.43. The minimum atomic E-state index is -0.948. The Morgan fingerprint density at radius 2 is 1.81 bits per heavy atom. The van der Waals surface area contributed by atoms with Crippen LogP contribution in [0.1, 0.15) is 23.5 Å². The quantitative estimate of drug-likeness (QED) is 0.653. The third-order valence-corrected chi connectivity index (χ3v) is 4.72. The highest BCUT2D eigenvalue weighted by Gasteiger charge is 2.41. The molecule has 2 heterocycles. The van der Waals surface area contributed by atoms with E-state index in [0.29, 0.717) is 34.8 Å². The van der Waals surface area contributed by atoms with Crippen LogP contribution in [0.25, 0.3) is 0 Å². The molecule has 1 N–H and O–H groups in total. The maximum Gasteiger partial charge on any atom is 0.335 e. The van der Waals surface area contributed by atoms with Crippen molar-refractivity contribution in [3.63, 3.8) is 0 Å². The zero-order chi connectivity index (χ0) is 19.0. The molecule has 8 nitrogen and oxygen atoms in total. The Labute approximate surface area is 155 Å². The number of hydrogen-bond acceptors (Lipinski definition) is 6. The van der Waals surface area contributed by atoms with E-state index in [1.807, 2.05) is 6.07 Å². The zero-order valence-corrected chi connectivity index (χ0v) is 14.5. The second kappa shape index (κ2) is 6.98. The van der Waals surface area contributed by atoms with Crippen molar-refractivity contribution in [1.82, 2.24) is 0 Å². The number of methoxy groups -OCH3 is 1. The Hall–Kier alpha value is -2.96. The molecule has 0 aromatic heterocycles. The molecule has 27 heavy (non-hydrogen) atoms. The van der Waals surface area contributed by atoms with E-state index >= 15 is 0 Å². The van der Waals surface area contributed by atoms with Gasteiger partial charge in [-0.1, -0.05) is 0 Å². The van der Waals surface area contributed by atoms with Crippen LogP contribution in [0.4, 0.5) is 11.4 Å². The van der Waals surface area contributed by atoms with Gasteiger partial charge in [0.25, 0.3) is 5.69 Å². The van der Waals surface area contributed by atoms with Crippen LogP contribution in [0.15, 0.2) is 42.5 Å². The standard InChI is InChI=1S/C19H17N3O5/c1-25-14-5-2-12(3-6-14)18-17(11-20)21(23)16-10-13(19-26-8-9-27-19)4-7-15(16)22(18)24/h2-7,10,18-19,22H,8-9H2,1H3. The second-order valence-electron chi connectivity index (χ2n) is 6.21. The summed E-state index contributed by atoms with van der Waals surface area (Å²) in [7, 11) is 1.54. The summed E-state index contributed by atoms with van der Waals surface area (Å²) < 4.78 is 16.5. The average Bonchev–Trinajstić information content (AvgIpc) is 3.25. The number of nitriles is 1. The van der Waals surface area contributed by atoms with Gasteiger partial charge in [0.15, 0.2) is 12.4 Å². The number of quaternary nitrogens is 1. The van der Waals surface area contributed by atoms with Crippen LogP contribution in [-0.4, -0.2) is 30.8 Å². The molecule has 138 valence electrons. The molecule has 2 aliphatic heterocycles. The Morgan fingerprint density at radius 3 is 2.44 bits per heavy atom. The first-order valence-electron chi connectivity index (χ1n) is 8.43. The first-order chi connectivity index (χ1) is 13.1. The van der Waals surface area contributed by atoms with Gasteiger partial charge >= 0.3 is 5.71 Å². The Bertz CT molecular complexity index is 929. The smallest absolute Gasteiger partial charge is 0.335 e. The molecule has 0 bridgehead atoms. The zero-order valence-electron chi connectivity index (χ0n) is 14.5. The first kappa shape index (κ1) is 17.5. The molecule has 1 fully saturated rings. The molecule has 0 spiro atoms. The minimum absolute atomic E-state index is 0.137. The molecule has 2 aliphatic rings. The summed E-state index contributed by atoms with van der Waals surface area (Å²) in [4.78, 5) is 0. The Kier molecular flexibility index (Phi) is 4.51. The van der Waals surface area contributed by atoms with E-state index in [9.17, 15) is 15.7 Å². The molecule has 4 rings (SSSR count). The normalized spacial score (nSPS) is 22.4. The topological polar surface area (TPSA) is 105 Å². The van der Waals surface area contributed by atoms with Gasteiger partial charge in [0.2, 0.25) is 11.7 Å². The molecule has 2 atom stereocenters. The molecule has 1 saturated heterocycles. The number of nitrogens with one attached hydrogen (secondary N) is 1. The number of nitrogens with zero attached hydrogens (tertiary/aromatic N) is 2. The SMILES string of the molecule is COc1ccc(C2C(C#N)=[N+]([O-])c3cc(C4OCCO4)ccc3[NH+]2[O-])cc1. The van der Waals surface area contributed by atoms with Gasteiger partial charge in [-0.05, 0) is 30.3 Å². The van der Waals surface area contributed by atoms with E-state index in [1.54, 1.807) is 49.6 Å². The summed E-state index contributed by atoms with van der Waals surface area (Å²) in [5.74, 6) is 0.626. The third-order valence-electron chi connectivity index (χ3n) is 4.72. The molecule has 0 aliphatic carbocycles. The molecule has 8 heteroatoms. The lowest BCUT2D eigenvalue weighted by molar-refractivity contribution is -0.808. The molecule has 0 radical (unpaired) electrons. The summed E-state index contributed by atoms with van der Waals surface area (Å²) in [6.07, 6.45) is -0.566. The van der Waals surface area contributed by atoms with Crippen LogP contribution in [-0.2, 0) is 9.47 Å². The molecule has 2 unspecified atom stereocenters. The third kappa shape index (κ3) is 2.93. The highest BCUT2D eigenvalue weighted by molar-refractivity contribution is 6.00. The molecule has 0 amide bonds. The summed E-state index contributed by atoms with van der Waals surface area (Å²) in [6.45, 7) is 0.938. The highest BCUT2D eigenvalue weighted by Crippen LogP contribution is 2.33. The van der Waals surface area contributed by atoms with Gasteiger partial charge in [0.1, 0.15) is 5.75 Å². The number of rotatable bonds is 3. The van der Waals surface area contributed by atoms with Crippen molar-refractivity contribution in [1.29, 1.82) is 5.26 Å². The van der Waals surface area contributed by atoms with Gasteiger partial charge < -0.3 is 29.7 Å². The highest BCUT2D eigenvalue weighted by atomic mass is 16.7. The van der Waals surface area contributed by atoms with Crippen molar-refractivity contribution in [3.8, 4) is 11.8 Å². The van der Waals surface area contributed by atoms with Crippen LogP contribution in [0.5, 0.6) is 5.75 Å². The van der Waals surface area contributed by atoms with Crippen molar-refractivity contribution in [2.45, 2.75) is 12.3 Å². The van der Waals surface area contributed by atoms with Crippen molar-refractivity contribution >= 4 is 17.1 Å². The van der Waals surface area contributed by atoms with Gasteiger partial charge in [0.05, 0.1) is 20.3 Å². The molecule has 2 aromatic rings. The lowest BCUT2D eigenvalue weighted by atomic mass is 9.98. The largest absolute Gasteiger partial charge is 0.628 e. The van der Waals surface area contributed by atoms with E-state index in [4.69, 9.17) is 14.2 Å². The van der Waals surface area contributed by atoms with Crippen LogP contribution in [0.2, 0.25) is 0 Å². The fraction of sp³-hybridized carbons (Fsp3) is 0.263. The van der Waals surface area contributed by atoms with Gasteiger partial charge in [-0.25, -0.2) is 0 Å². The molecule has 2 aromatic carbocycles. The van der Waals surface area contributed by atoms with Crippen LogP contribution < -0.4 is 9.80 Å². The lowest BCUT2D eigenvalue weighted by Gasteiger charge is -2.33. The maximum atomic E-state index is 13.1. The predicted octanol–water partition coefficient (Wildman–Crippen LogP) is 1.62. The fourth-order valence-electron chi connectivity index (χ4n) is 3.36. The predicted molar refractivity (Wildman–Crippen MR) is 94.7 cm³/mol. The summed E-state index contributed by atoms with van der Waals surface area (Å²) in [5, 5.41) is 35.2. The second-order valence-corrected chi connectivity index (χ2v) is 6.21. The average molecular weight is 367 g/mol. The lowest BCUT2D eigenvalue weighted by Crippen LogP contribution is -3.04. The van der Waals surface area contributed by atoms with Gasteiger partial charge in [0, 0.05) is 23.3 Å².